The summed E-state index contributed by atoms with van der Waals surface area (Å²) in [5.41, 5.74) is 0. The summed E-state index contributed by atoms with van der Waals surface area (Å²) in [7, 11) is 0. The summed E-state index contributed by atoms with van der Waals surface area (Å²) in [5, 5.41) is 12.5. The molecule has 0 unspecified atom stereocenters. The van der Waals surface area contributed by atoms with Crippen molar-refractivity contribution in [3.05, 3.63) is 0 Å². The molecule has 2 N–H and O–H groups in total. The lowest BCUT2D eigenvalue weighted by Crippen LogP contribution is -2.48. The van der Waals surface area contributed by atoms with Crippen molar-refractivity contribution in [1.82, 2.24) is 15.1 Å². The van der Waals surface area contributed by atoms with Crippen molar-refractivity contribution in [2.45, 2.75) is 57.0 Å². The highest BCUT2D eigenvalue weighted by Gasteiger charge is 2.31. The third kappa shape index (κ3) is 3.69. The zero-order valence-electron chi connectivity index (χ0n) is 13.0. The summed E-state index contributed by atoms with van der Waals surface area (Å²) in [6.45, 7) is 4.21. The smallest absolute Gasteiger partial charge is 0.317 e. The largest absolute Gasteiger partial charge is 0.394 e. The molecular formula is C16H29N3O2. The fraction of sp³-hybridized carbons (Fsp3) is 0.938. The Morgan fingerprint density at radius 2 is 1.90 bits per heavy atom. The van der Waals surface area contributed by atoms with Gasteiger partial charge in [-0.3, -0.25) is 0 Å². The molecule has 0 aromatic rings. The SMILES string of the molecule is O=C(N[C@H]1CCN(CC2CCCC2)C1)N1CCC[C@@H]1CO. The summed E-state index contributed by atoms with van der Waals surface area (Å²) in [6.07, 6.45) is 8.58. The van der Waals surface area contributed by atoms with Gasteiger partial charge < -0.3 is 20.2 Å². The number of likely N-dealkylation sites (tertiary alicyclic amines) is 2. The number of carbonyl (C=O) groups is 1. The first kappa shape index (κ1) is 15.1. The topological polar surface area (TPSA) is 55.8 Å². The molecule has 120 valence electrons. The number of hydrogen-bond acceptors (Lipinski definition) is 3. The number of urea groups is 1. The molecule has 1 saturated carbocycles. The molecule has 0 aromatic carbocycles. The number of nitrogens with one attached hydrogen (secondary N) is 1. The maximum atomic E-state index is 12.3. The predicted octanol–water partition coefficient (Wildman–Crippen LogP) is 1.42. The highest BCUT2D eigenvalue weighted by atomic mass is 16.3. The Balaban J connectivity index is 1.42. The van der Waals surface area contributed by atoms with Crippen molar-refractivity contribution < 1.29 is 9.90 Å². The Labute approximate surface area is 127 Å². The van der Waals surface area contributed by atoms with Crippen LogP contribution in [0.15, 0.2) is 0 Å². The first-order valence-corrected chi connectivity index (χ1v) is 8.66. The van der Waals surface area contributed by atoms with Gasteiger partial charge in [-0.25, -0.2) is 4.79 Å². The fourth-order valence-electron chi connectivity index (χ4n) is 4.22. The molecule has 2 atom stereocenters. The molecule has 5 nitrogen and oxygen atoms in total. The lowest BCUT2D eigenvalue weighted by Gasteiger charge is -2.26. The van der Waals surface area contributed by atoms with Crippen molar-refractivity contribution in [2.24, 2.45) is 5.92 Å². The third-order valence-electron chi connectivity index (χ3n) is 5.44. The van der Waals surface area contributed by atoms with E-state index < -0.39 is 0 Å². The standard InChI is InChI=1S/C16H29N3O2/c20-12-15-6-3-8-19(15)16(21)17-14-7-9-18(11-14)10-13-4-1-2-5-13/h13-15,20H,1-12H2,(H,17,21)/t14-,15+/m0/s1. The van der Waals surface area contributed by atoms with E-state index in [9.17, 15) is 9.90 Å². The van der Waals surface area contributed by atoms with Crippen LogP contribution in [0.1, 0.15) is 44.9 Å². The lowest BCUT2D eigenvalue weighted by atomic mass is 10.1. The summed E-state index contributed by atoms with van der Waals surface area (Å²) in [5.74, 6) is 0.886. The van der Waals surface area contributed by atoms with E-state index in [1.807, 2.05) is 4.90 Å². The van der Waals surface area contributed by atoms with Crippen LogP contribution in [-0.4, -0.2) is 65.8 Å². The Morgan fingerprint density at radius 3 is 2.67 bits per heavy atom. The molecule has 0 radical (unpaired) electrons. The van der Waals surface area contributed by atoms with Gasteiger partial charge in [-0.2, -0.15) is 0 Å². The van der Waals surface area contributed by atoms with E-state index in [1.54, 1.807) is 0 Å². The Kier molecular flexibility index (Phi) is 5.01. The minimum atomic E-state index is 0.0271. The van der Waals surface area contributed by atoms with Gasteiger partial charge >= 0.3 is 6.03 Å². The highest BCUT2D eigenvalue weighted by Crippen LogP contribution is 2.26. The molecule has 3 aliphatic rings. The molecule has 1 aliphatic carbocycles. The summed E-state index contributed by atoms with van der Waals surface area (Å²) < 4.78 is 0. The van der Waals surface area contributed by atoms with Crippen LogP contribution in [-0.2, 0) is 0 Å². The molecule has 3 rings (SSSR count). The number of hydrogen-bond donors (Lipinski definition) is 2. The van der Waals surface area contributed by atoms with E-state index in [0.29, 0.717) is 6.04 Å². The van der Waals surface area contributed by atoms with Crippen molar-refractivity contribution in [3.8, 4) is 0 Å². The molecule has 2 saturated heterocycles. The summed E-state index contributed by atoms with van der Waals surface area (Å²) in [4.78, 5) is 16.6. The van der Waals surface area contributed by atoms with E-state index in [0.717, 1.165) is 44.8 Å². The molecule has 21 heavy (non-hydrogen) atoms. The molecule has 0 aromatic heterocycles. The quantitative estimate of drug-likeness (QED) is 0.825. The van der Waals surface area contributed by atoms with Crippen molar-refractivity contribution >= 4 is 6.03 Å². The van der Waals surface area contributed by atoms with Gasteiger partial charge in [0.1, 0.15) is 0 Å². The molecule has 0 bridgehead atoms. The molecule has 3 fully saturated rings. The van der Waals surface area contributed by atoms with Crippen molar-refractivity contribution in [3.63, 3.8) is 0 Å². The monoisotopic (exact) mass is 295 g/mol. The average molecular weight is 295 g/mol. The van der Waals surface area contributed by atoms with Gasteiger partial charge in [-0.05, 0) is 38.0 Å². The van der Waals surface area contributed by atoms with Crippen LogP contribution < -0.4 is 5.32 Å². The van der Waals surface area contributed by atoms with Gasteiger partial charge in [0.25, 0.3) is 0 Å². The van der Waals surface area contributed by atoms with E-state index in [-0.39, 0.29) is 18.7 Å². The second-order valence-corrected chi connectivity index (χ2v) is 7.02. The van der Waals surface area contributed by atoms with E-state index in [1.165, 1.54) is 32.2 Å². The van der Waals surface area contributed by atoms with Gasteiger partial charge in [0.05, 0.1) is 12.6 Å². The average Bonchev–Trinajstić information content (AvgIpc) is 3.20. The number of nitrogens with zero attached hydrogens (tertiary/aromatic N) is 2. The maximum absolute atomic E-state index is 12.3. The van der Waals surface area contributed by atoms with Crippen LogP contribution in [0.4, 0.5) is 4.79 Å². The molecular weight excluding hydrogens is 266 g/mol. The van der Waals surface area contributed by atoms with Crippen LogP contribution in [0, 0.1) is 5.92 Å². The van der Waals surface area contributed by atoms with Gasteiger partial charge in [0.15, 0.2) is 0 Å². The first-order chi connectivity index (χ1) is 10.3. The maximum Gasteiger partial charge on any atom is 0.317 e. The van der Waals surface area contributed by atoms with E-state index in [2.05, 4.69) is 10.2 Å². The van der Waals surface area contributed by atoms with Crippen molar-refractivity contribution in [2.75, 3.05) is 32.8 Å². The Hall–Kier alpha value is -0.810. The first-order valence-electron chi connectivity index (χ1n) is 8.66. The number of amides is 2. The van der Waals surface area contributed by atoms with Crippen LogP contribution in [0.3, 0.4) is 0 Å². The molecule has 5 heteroatoms. The van der Waals surface area contributed by atoms with Crippen LogP contribution in [0.5, 0.6) is 0 Å². The van der Waals surface area contributed by atoms with E-state index in [4.69, 9.17) is 0 Å². The predicted molar refractivity (Wildman–Crippen MR) is 82.1 cm³/mol. The molecule has 2 heterocycles. The highest BCUT2D eigenvalue weighted by molar-refractivity contribution is 5.75. The fourth-order valence-corrected chi connectivity index (χ4v) is 4.22. The summed E-state index contributed by atoms with van der Waals surface area (Å²) in [6, 6.07) is 0.346. The van der Waals surface area contributed by atoms with E-state index >= 15 is 0 Å². The molecule has 2 aliphatic heterocycles. The van der Waals surface area contributed by atoms with Crippen LogP contribution in [0.25, 0.3) is 0 Å². The van der Waals surface area contributed by atoms with Gasteiger partial charge in [-0.15, -0.1) is 0 Å². The van der Waals surface area contributed by atoms with Crippen LogP contribution in [0.2, 0.25) is 0 Å². The third-order valence-corrected chi connectivity index (χ3v) is 5.44. The zero-order valence-corrected chi connectivity index (χ0v) is 13.0. The Bertz CT molecular complexity index is 357. The second-order valence-electron chi connectivity index (χ2n) is 7.02. The zero-order chi connectivity index (χ0) is 14.7. The van der Waals surface area contributed by atoms with Crippen LogP contribution >= 0.6 is 0 Å². The van der Waals surface area contributed by atoms with Gasteiger partial charge in [-0.1, -0.05) is 12.8 Å². The number of carbonyl (C=O) groups excluding carboxylic acids is 1. The Morgan fingerprint density at radius 1 is 1.10 bits per heavy atom. The molecule has 2 amide bonds. The molecule has 0 spiro atoms. The lowest BCUT2D eigenvalue weighted by molar-refractivity contribution is 0.154. The minimum Gasteiger partial charge on any atom is -0.394 e. The normalized spacial score (nSPS) is 31.2. The number of aliphatic hydroxyl groups excluding tert-OH is 1. The van der Waals surface area contributed by atoms with Crippen molar-refractivity contribution in [1.29, 1.82) is 0 Å². The van der Waals surface area contributed by atoms with Gasteiger partial charge in [0, 0.05) is 32.2 Å². The summed E-state index contributed by atoms with van der Waals surface area (Å²) >= 11 is 0. The van der Waals surface area contributed by atoms with Gasteiger partial charge in [0.2, 0.25) is 0 Å². The minimum absolute atomic E-state index is 0.0271. The second kappa shape index (κ2) is 6.97. The number of aliphatic hydroxyl groups is 1. The number of rotatable bonds is 4.